The summed E-state index contributed by atoms with van der Waals surface area (Å²) in [6.45, 7) is 14.6. The van der Waals surface area contributed by atoms with Crippen molar-refractivity contribution < 1.29 is 4.74 Å². The van der Waals surface area contributed by atoms with Crippen LogP contribution in [0.25, 0.3) is 0 Å². The van der Waals surface area contributed by atoms with Gasteiger partial charge in [0, 0.05) is 18.2 Å². The molecule has 0 aromatic heterocycles. The van der Waals surface area contributed by atoms with E-state index in [4.69, 9.17) is 4.74 Å². The Morgan fingerprint density at radius 3 is 2.20 bits per heavy atom. The molecule has 1 heterocycles. The minimum atomic E-state index is 0.199. The Kier molecular flexibility index (Phi) is 3.83. The van der Waals surface area contributed by atoms with Crippen LogP contribution in [-0.2, 0) is 4.74 Å². The lowest BCUT2D eigenvalue weighted by Crippen LogP contribution is -2.50. The average Bonchev–Trinajstić information content (AvgIpc) is 2.29. The summed E-state index contributed by atoms with van der Waals surface area (Å²) in [4.78, 5) is 0. The lowest BCUT2D eigenvalue weighted by Gasteiger charge is -2.36. The Balaban J connectivity index is 2.48. The van der Waals surface area contributed by atoms with Crippen LogP contribution in [0.5, 0.6) is 0 Å². The molecule has 2 heteroatoms. The quantitative estimate of drug-likeness (QED) is 0.778. The van der Waals surface area contributed by atoms with Gasteiger partial charge < -0.3 is 10.1 Å². The first-order chi connectivity index (χ1) is 6.70. The Bertz CT molecular complexity index is 205. The minimum Gasteiger partial charge on any atom is -0.377 e. The van der Waals surface area contributed by atoms with E-state index in [2.05, 4.69) is 46.9 Å². The number of nitrogens with one attached hydrogen (secondary N) is 1. The zero-order chi connectivity index (χ0) is 11.7. The van der Waals surface area contributed by atoms with Crippen LogP contribution in [0.2, 0.25) is 0 Å². The van der Waals surface area contributed by atoms with Crippen LogP contribution in [0.4, 0.5) is 0 Å². The van der Waals surface area contributed by atoms with Gasteiger partial charge in [0.15, 0.2) is 0 Å². The number of hydrogen-bond donors (Lipinski definition) is 1. The maximum atomic E-state index is 5.58. The molecule has 90 valence electrons. The van der Waals surface area contributed by atoms with Crippen LogP contribution in [0.1, 0.15) is 54.4 Å². The van der Waals surface area contributed by atoms with Crippen molar-refractivity contribution >= 4 is 0 Å². The van der Waals surface area contributed by atoms with E-state index in [9.17, 15) is 0 Å². The lowest BCUT2D eigenvalue weighted by molar-refractivity contribution is 0.102. The van der Waals surface area contributed by atoms with Gasteiger partial charge in [-0.3, -0.25) is 0 Å². The van der Waals surface area contributed by atoms with E-state index in [0.29, 0.717) is 17.6 Å². The molecule has 1 aliphatic heterocycles. The first kappa shape index (κ1) is 13.0. The fourth-order valence-electron chi connectivity index (χ4n) is 2.80. The highest BCUT2D eigenvalue weighted by atomic mass is 16.5. The molecule has 0 aromatic carbocycles. The van der Waals surface area contributed by atoms with E-state index in [0.717, 1.165) is 13.0 Å². The minimum absolute atomic E-state index is 0.199. The summed E-state index contributed by atoms with van der Waals surface area (Å²) in [6, 6.07) is 0.530. The molecular formula is C13H27NO. The highest BCUT2D eigenvalue weighted by Gasteiger charge is 2.32. The van der Waals surface area contributed by atoms with Gasteiger partial charge in [-0.15, -0.1) is 0 Å². The van der Waals surface area contributed by atoms with Gasteiger partial charge in [0.1, 0.15) is 0 Å². The summed E-state index contributed by atoms with van der Waals surface area (Å²) in [5.41, 5.74) is 0.573. The summed E-state index contributed by atoms with van der Waals surface area (Å²) < 4.78 is 5.58. The van der Waals surface area contributed by atoms with E-state index >= 15 is 0 Å². The van der Waals surface area contributed by atoms with Crippen molar-refractivity contribution in [1.29, 1.82) is 0 Å². The van der Waals surface area contributed by atoms with Crippen molar-refractivity contribution in [1.82, 2.24) is 5.32 Å². The van der Waals surface area contributed by atoms with Gasteiger partial charge >= 0.3 is 0 Å². The largest absolute Gasteiger partial charge is 0.377 e. The molecule has 1 fully saturated rings. The normalized spacial score (nSPS) is 28.4. The first-order valence-electron chi connectivity index (χ1n) is 6.09. The maximum Gasteiger partial charge on any atom is 0.0700 e. The molecule has 1 rings (SSSR count). The van der Waals surface area contributed by atoms with Crippen LogP contribution in [-0.4, -0.2) is 24.3 Å². The van der Waals surface area contributed by atoms with Crippen molar-refractivity contribution in [3.63, 3.8) is 0 Å². The lowest BCUT2D eigenvalue weighted by atomic mass is 9.81. The molecule has 2 atom stereocenters. The van der Waals surface area contributed by atoms with E-state index < -0.39 is 0 Å². The summed E-state index contributed by atoms with van der Waals surface area (Å²) in [5.74, 6) is 0. The maximum absolute atomic E-state index is 5.58. The van der Waals surface area contributed by atoms with E-state index in [-0.39, 0.29) is 5.54 Å². The molecular weight excluding hydrogens is 186 g/mol. The van der Waals surface area contributed by atoms with Crippen LogP contribution >= 0.6 is 0 Å². The Morgan fingerprint density at radius 1 is 1.20 bits per heavy atom. The molecule has 0 spiro atoms. The molecule has 0 unspecified atom stereocenters. The number of hydrogen-bond acceptors (Lipinski definition) is 2. The Hall–Kier alpha value is -0.0800. The van der Waals surface area contributed by atoms with Gasteiger partial charge in [0.2, 0.25) is 0 Å². The third-order valence-electron chi connectivity index (χ3n) is 2.92. The van der Waals surface area contributed by atoms with Gasteiger partial charge in [-0.05, 0) is 39.0 Å². The van der Waals surface area contributed by atoms with Crippen molar-refractivity contribution in [2.45, 2.75) is 72.1 Å². The van der Waals surface area contributed by atoms with Gasteiger partial charge in [-0.2, -0.15) is 0 Å². The van der Waals surface area contributed by atoms with Crippen molar-refractivity contribution in [2.75, 3.05) is 6.61 Å². The smallest absolute Gasteiger partial charge is 0.0700 e. The summed E-state index contributed by atoms with van der Waals surface area (Å²) in [6.07, 6.45) is 2.70. The molecule has 0 saturated carbocycles. The predicted octanol–water partition coefficient (Wildman–Crippen LogP) is 2.97. The zero-order valence-corrected chi connectivity index (χ0v) is 11.2. The van der Waals surface area contributed by atoms with E-state index in [1.807, 2.05) is 0 Å². The molecule has 1 N–H and O–H groups in total. The second-order valence-electron chi connectivity index (χ2n) is 6.74. The van der Waals surface area contributed by atoms with Crippen LogP contribution in [0.3, 0.4) is 0 Å². The van der Waals surface area contributed by atoms with Crippen molar-refractivity contribution in [2.24, 2.45) is 5.41 Å². The van der Waals surface area contributed by atoms with Gasteiger partial charge in [0.25, 0.3) is 0 Å². The van der Waals surface area contributed by atoms with E-state index in [1.54, 1.807) is 0 Å². The fraction of sp³-hybridized carbons (Fsp3) is 1.00. The second kappa shape index (κ2) is 4.42. The summed E-state index contributed by atoms with van der Waals surface area (Å²) in [5, 5.41) is 3.74. The Labute approximate surface area is 94.8 Å². The average molecular weight is 213 g/mol. The van der Waals surface area contributed by atoms with Crippen LogP contribution < -0.4 is 5.32 Å². The number of rotatable bonds is 3. The molecule has 0 aromatic rings. The number of ether oxygens (including phenoxy) is 1. The predicted molar refractivity (Wildman–Crippen MR) is 65.1 cm³/mol. The summed E-state index contributed by atoms with van der Waals surface area (Å²) in [7, 11) is 0. The molecule has 1 saturated heterocycles. The first-order valence-corrected chi connectivity index (χ1v) is 6.09. The molecule has 0 radical (unpaired) electrons. The van der Waals surface area contributed by atoms with Crippen LogP contribution in [0, 0.1) is 5.41 Å². The van der Waals surface area contributed by atoms with Gasteiger partial charge in [-0.25, -0.2) is 0 Å². The monoisotopic (exact) mass is 213 g/mol. The van der Waals surface area contributed by atoms with Crippen molar-refractivity contribution in [3.8, 4) is 0 Å². The fourth-order valence-corrected chi connectivity index (χ4v) is 2.80. The third kappa shape index (κ3) is 4.52. The standard InChI is InChI=1S/C13H27NO/c1-10-11(7-8-15-10)14-13(5,6)9-12(2,3)4/h10-11,14H,7-9H2,1-6H3/t10-,11+/m1/s1. The second-order valence-corrected chi connectivity index (χ2v) is 6.74. The molecule has 0 bridgehead atoms. The highest BCUT2D eigenvalue weighted by molar-refractivity contribution is 4.90. The third-order valence-corrected chi connectivity index (χ3v) is 2.92. The molecule has 15 heavy (non-hydrogen) atoms. The van der Waals surface area contributed by atoms with Gasteiger partial charge in [0.05, 0.1) is 6.10 Å². The van der Waals surface area contributed by atoms with Gasteiger partial charge in [-0.1, -0.05) is 20.8 Å². The molecule has 0 aliphatic carbocycles. The van der Waals surface area contributed by atoms with E-state index in [1.165, 1.54) is 6.42 Å². The molecule has 1 aliphatic rings. The summed E-state index contributed by atoms with van der Waals surface area (Å²) >= 11 is 0. The highest BCUT2D eigenvalue weighted by Crippen LogP contribution is 2.28. The molecule has 2 nitrogen and oxygen atoms in total. The van der Waals surface area contributed by atoms with Crippen LogP contribution in [0.15, 0.2) is 0 Å². The molecule has 0 amide bonds. The Morgan fingerprint density at radius 2 is 1.80 bits per heavy atom. The SMILES string of the molecule is C[C@H]1OCC[C@@H]1NC(C)(C)CC(C)(C)C. The topological polar surface area (TPSA) is 21.3 Å². The van der Waals surface area contributed by atoms with Crippen molar-refractivity contribution in [3.05, 3.63) is 0 Å². The zero-order valence-electron chi connectivity index (χ0n) is 11.2.